The molecule has 0 spiro atoms. The molecule has 3 aromatic rings. The third-order valence-electron chi connectivity index (χ3n) is 7.68. The minimum Gasteiger partial charge on any atom is -0.481 e. The first-order valence-electron chi connectivity index (χ1n) is 13.4. The number of halogens is 1. The molecule has 38 heavy (non-hydrogen) atoms. The van der Waals surface area contributed by atoms with E-state index in [2.05, 4.69) is 65.3 Å². The van der Waals surface area contributed by atoms with E-state index in [1.165, 1.54) is 5.56 Å². The molecule has 1 saturated heterocycles. The number of benzene rings is 2. The Morgan fingerprint density at radius 2 is 1.87 bits per heavy atom. The van der Waals surface area contributed by atoms with Gasteiger partial charge < -0.3 is 9.63 Å². The normalized spacial score (nSPS) is 20.3. The van der Waals surface area contributed by atoms with Crippen LogP contribution in [0.2, 0.25) is 5.02 Å². The number of piperidine rings is 1. The maximum absolute atomic E-state index is 11.4. The molecule has 2 heterocycles. The summed E-state index contributed by atoms with van der Waals surface area (Å²) in [6.45, 7) is 5.93. The highest BCUT2D eigenvalue weighted by Crippen LogP contribution is 2.34. The van der Waals surface area contributed by atoms with Gasteiger partial charge in [0.05, 0.1) is 5.92 Å². The molecule has 5 rings (SSSR count). The largest absolute Gasteiger partial charge is 0.481 e. The third-order valence-corrected chi connectivity index (χ3v) is 8.03. The third kappa shape index (κ3) is 5.77. The quantitative estimate of drug-likeness (QED) is 0.342. The fourth-order valence-electron chi connectivity index (χ4n) is 5.57. The Balaban J connectivity index is 1.30. The van der Waals surface area contributed by atoms with E-state index in [1.54, 1.807) is 0 Å². The predicted molar refractivity (Wildman–Crippen MR) is 150 cm³/mol. The van der Waals surface area contributed by atoms with Gasteiger partial charge in [0.25, 0.3) is 5.89 Å². The number of aliphatic carboxylic acids is 1. The van der Waals surface area contributed by atoms with Crippen LogP contribution in [0.5, 0.6) is 0 Å². The first kappa shape index (κ1) is 26.4. The Bertz CT molecular complexity index is 1340. The summed E-state index contributed by atoms with van der Waals surface area (Å²) in [5.41, 5.74) is 3.89. The van der Waals surface area contributed by atoms with Crippen molar-refractivity contribution in [3.63, 3.8) is 0 Å². The van der Waals surface area contributed by atoms with Crippen LogP contribution in [0.4, 0.5) is 0 Å². The van der Waals surface area contributed by atoms with E-state index in [4.69, 9.17) is 16.1 Å². The van der Waals surface area contributed by atoms with Crippen LogP contribution in [0.25, 0.3) is 22.8 Å². The van der Waals surface area contributed by atoms with Crippen molar-refractivity contribution in [1.29, 1.82) is 0 Å². The lowest BCUT2D eigenvalue weighted by molar-refractivity contribution is -0.143. The van der Waals surface area contributed by atoms with E-state index in [9.17, 15) is 9.90 Å². The molecule has 0 amide bonds. The minimum absolute atomic E-state index is 0.139. The first-order valence-corrected chi connectivity index (χ1v) is 13.7. The summed E-state index contributed by atoms with van der Waals surface area (Å²) in [6, 6.07) is 14.2. The molecule has 1 aromatic heterocycles. The van der Waals surface area contributed by atoms with Crippen LogP contribution < -0.4 is 0 Å². The fourth-order valence-corrected chi connectivity index (χ4v) is 5.83. The molecular weight excluding hydrogens is 498 g/mol. The summed E-state index contributed by atoms with van der Waals surface area (Å²) in [7, 11) is 0. The fraction of sp³-hybridized carbons (Fsp3) is 0.387. The molecule has 1 aliphatic heterocycles. The number of carbonyl (C=O) groups is 1. The van der Waals surface area contributed by atoms with E-state index in [0.717, 1.165) is 49.0 Å². The molecule has 1 N–H and O–H groups in total. The molecule has 7 heteroatoms. The highest BCUT2D eigenvalue weighted by atomic mass is 35.5. The van der Waals surface area contributed by atoms with Gasteiger partial charge in [0.1, 0.15) is 0 Å². The zero-order chi connectivity index (χ0) is 26.7. The van der Waals surface area contributed by atoms with Crippen LogP contribution in [0.3, 0.4) is 0 Å². The highest BCUT2D eigenvalue weighted by molar-refractivity contribution is 6.31. The van der Waals surface area contributed by atoms with Gasteiger partial charge in [-0.2, -0.15) is 4.98 Å². The molecule has 1 atom stereocenters. The smallest absolute Gasteiger partial charge is 0.306 e. The molecule has 0 bridgehead atoms. The number of aromatic nitrogens is 2. The number of hydrogen-bond donors (Lipinski definition) is 1. The lowest BCUT2D eigenvalue weighted by atomic mass is 9.81. The van der Waals surface area contributed by atoms with Crippen molar-refractivity contribution in [3.8, 4) is 22.8 Å². The molecular formula is C31H34ClN3O3. The second-order valence-corrected chi connectivity index (χ2v) is 11.3. The van der Waals surface area contributed by atoms with Crippen LogP contribution in [0.15, 0.2) is 71.3 Å². The molecule has 2 aliphatic rings. The molecule has 0 saturated carbocycles. The summed E-state index contributed by atoms with van der Waals surface area (Å²) in [5.74, 6) is 0.606. The number of nitrogens with zero attached hydrogens (tertiary/aromatic N) is 3. The topological polar surface area (TPSA) is 79.5 Å². The number of hydrogen-bond acceptors (Lipinski definition) is 5. The lowest BCUT2D eigenvalue weighted by Gasteiger charge is -2.46. The predicted octanol–water partition coefficient (Wildman–Crippen LogP) is 6.85. The number of rotatable bonds is 8. The molecule has 1 fully saturated rings. The summed E-state index contributed by atoms with van der Waals surface area (Å²) in [5, 5.41) is 14.3. The van der Waals surface area contributed by atoms with Crippen molar-refractivity contribution in [2.45, 2.75) is 51.5 Å². The molecule has 6 nitrogen and oxygen atoms in total. The van der Waals surface area contributed by atoms with E-state index in [-0.39, 0.29) is 11.5 Å². The molecule has 198 valence electrons. The molecule has 1 aliphatic carbocycles. The molecule has 0 radical (unpaired) electrons. The van der Waals surface area contributed by atoms with E-state index in [0.29, 0.717) is 35.5 Å². The van der Waals surface area contributed by atoms with Crippen LogP contribution in [-0.4, -0.2) is 44.7 Å². The van der Waals surface area contributed by atoms with Crippen molar-refractivity contribution < 1.29 is 14.4 Å². The Morgan fingerprint density at radius 1 is 1.13 bits per heavy atom. The average molecular weight is 532 g/mol. The van der Waals surface area contributed by atoms with Gasteiger partial charge in [0.2, 0.25) is 5.82 Å². The van der Waals surface area contributed by atoms with Crippen LogP contribution >= 0.6 is 11.6 Å². The van der Waals surface area contributed by atoms with Crippen molar-refractivity contribution in [3.05, 3.63) is 82.9 Å². The maximum Gasteiger partial charge on any atom is 0.306 e. The summed E-state index contributed by atoms with van der Waals surface area (Å²) in [4.78, 5) is 18.5. The summed E-state index contributed by atoms with van der Waals surface area (Å²) >= 11 is 6.50. The van der Waals surface area contributed by atoms with Crippen molar-refractivity contribution >= 4 is 17.6 Å². The number of allylic oxidation sites excluding steroid dienone is 2. The van der Waals surface area contributed by atoms with E-state index < -0.39 is 5.97 Å². The second kappa shape index (κ2) is 11.3. The van der Waals surface area contributed by atoms with Gasteiger partial charge in [-0.1, -0.05) is 85.2 Å². The van der Waals surface area contributed by atoms with Crippen LogP contribution in [-0.2, 0) is 17.6 Å². The second-order valence-electron chi connectivity index (χ2n) is 10.9. The first-order chi connectivity index (χ1) is 18.3. The minimum atomic E-state index is -0.677. The van der Waals surface area contributed by atoms with Gasteiger partial charge in [0.15, 0.2) is 0 Å². The van der Waals surface area contributed by atoms with Crippen LogP contribution in [0, 0.1) is 11.8 Å². The Labute approximate surface area is 229 Å². The van der Waals surface area contributed by atoms with Crippen molar-refractivity contribution in [2.75, 3.05) is 13.1 Å². The summed E-state index contributed by atoms with van der Waals surface area (Å²) < 4.78 is 5.57. The number of carboxylic acid groups (broad SMARTS) is 1. The average Bonchev–Trinajstić information content (AvgIpc) is 3.41. The van der Waals surface area contributed by atoms with E-state index >= 15 is 0 Å². The number of carboxylic acids is 1. The molecule has 2 aromatic carbocycles. The highest BCUT2D eigenvalue weighted by Gasteiger charge is 2.37. The van der Waals surface area contributed by atoms with Crippen molar-refractivity contribution in [1.82, 2.24) is 15.0 Å². The maximum atomic E-state index is 11.4. The van der Waals surface area contributed by atoms with Gasteiger partial charge in [-0.25, -0.2) is 0 Å². The SMILES string of the molecule is CC(C)Cc1ccc(-c2nc(-c3ccc(CC4(N5CCC(C(=O)O)CC5)C=CC=CC4)cc3)no2)cc1Cl. The van der Waals surface area contributed by atoms with Gasteiger partial charge >= 0.3 is 5.97 Å². The van der Waals surface area contributed by atoms with Gasteiger partial charge in [0, 0.05) is 21.7 Å². The lowest BCUT2D eigenvalue weighted by Crippen LogP contribution is -2.53. The van der Waals surface area contributed by atoms with Gasteiger partial charge in [-0.15, -0.1) is 0 Å². The summed E-state index contributed by atoms with van der Waals surface area (Å²) in [6.07, 6.45) is 12.8. The zero-order valence-electron chi connectivity index (χ0n) is 21.9. The standard InChI is InChI=1S/C31H34ClN3O3/c1-21(2)18-25-10-11-26(19-27(25)32)29-33-28(34-38-29)23-8-6-22(7-9-23)20-31(14-4-3-5-15-31)35-16-12-24(13-17-35)30(36)37/h3-11,14,19,21,24H,12-13,15-18,20H2,1-2H3,(H,36,37). The zero-order valence-corrected chi connectivity index (χ0v) is 22.7. The number of likely N-dealkylation sites (tertiary alicyclic amines) is 1. The molecule has 1 unspecified atom stereocenters. The van der Waals surface area contributed by atoms with Gasteiger partial charge in [-0.3, -0.25) is 9.69 Å². The van der Waals surface area contributed by atoms with Gasteiger partial charge in [-0.05, 0) is 74.4 Å². The van der Waals surface area contributed by atoms with E-state index in [1.807, 2.05) is 30.3 Å². The monoisotopic (exact) mass is 531 g/mol. The van der Waals surface area contributed by atoms with Crippen molar-refractivity contribution in [2.24, 2.45) is 11.8 Å². The van der Waals surface area contributed by atoms with Crippen LogP contribution in [0.1, 0.15) is 44.2 Å². The Morgan fingerprint density at radius 3 is 2.50 bits per heavy atom. The Kier molecular flexibility index (Phi) is 7.82. The Hall–Kier alpha value is -3.22.